The predicted molar refractivity (Wildman–Crippen MR) is 61.4 cm³/mol. The van der Waals surface area contributed by atoms with E-state index in [9.17, 15) is 0 Å². The number of pyridine rings is 1. The Morgan fingerprint density at radius 3 is 2.50 bits per heavy atom. The number of ether oxygens (including phenoxy) is 2. The molecule has 0 radical (unpaired) electrons. The molecule has 2 rings (SSSR count). The van der Waals surface area contributed by atoms with Crippen LogP contribution in [-0.2, 0) is 9.47 Å². The fraction of sp³-hybridized carbons (Fsp3) is 0.455. The summed E-state index contributed by atoms with van der Waals surface area (Å²) < 4.78 is 10.8. The third-order valence-electron chi connectivity index (χ3n) is 2.33. The van der Waals surface area contributed by atoms with E-state index >= 15 is 0 Å². The van der Waals surface area contributed by atoms with Crippen LogP contribution in [0.1, 0.15) is 12.0 Å². The van der Waals surface area contributed by atoms with Crippen molar-refractivity contribution in [2.24, 2.45) is 0 Å². The Hall–Kier alpha value is -0.116. The molecule has 0 unspecified atom stereocenters. The summed E-state index contributed by atoms with van der Waals surface area (Å²) in [6.45, 7) is 9.86. The number of nitrogens with zero attached hydrogens (tertiary/aromatic N) is 1. The molecule has 0 saturated carbocycles. The average molecular weight is 229 g/mol. The molecule has 1 aliphatic heterocycles. The minimum Gasteiger partial charge on any atom is -0.345 e. The normalized spacial score (nSPS) is 17.2. The first-order chi connectivity index (χ1) is 7.07. The number of hydrogen-bond acceptors (Lipinski definition) is 3. The van der Waals surface area contributed by atoms with E-state index in [1.165, 1.54) is 0 Å². The van der Waals surface area contributed by atoms with Gasteiger partial charge in [0.2, 0.25) is 6.29 Å². The van der Waals surface area contributed by atoms with Gasteiger partial charge in [-0.2, -0.15) is 0 Å². The summed E-state index contributed by atoms with van der Waals surface area (Å²) in [5.74, 6) is 0. The van der Waals surface area contributed by atoms with Crippen LogP contribution in [-0.4, -0.2) is 26.3 Å². The molecule has 82 valence electrons. The van der Waals surface area contributed by atoms with Gasteiger partial charge in [-0.15, -0.1) is 0 Å². The maximum absolute atomic E-state index is 5.42. The first-order valence-electron chi connectivity index (χ1n) is 5.13. The summed E-state index contributed by atoms with van der Waals surface area (Å²) in [7, 11) is -1.59. The Labute approximate surface area is 110 Å². The molecule has 0 amide bonds. The van der Waals surface area contributed by atoms with E-state index in [0.29, 0.717) is 13.2 Å². The van der Waals surface area contributed by atoms with Gasteiger partial charge in [0.25, 0.3) is 0 Å². The fourth-order valence-corrected chi connectivity index (χ4v) is 2.47. The summed E-state index contributed by atoms with van der Waals surface area (Å²) in [5.41, 5.74) is 0.870. The molecule has 1 aromatic heterocycles. The van der Waals surface area contributed by atoms with Gasteiger partial charge in [0.05, 0.1) is 18.9 Å². The van der Waals surface area contributed by atoms with Gasteiger partial charge in [-0.1, -0.05) is 19.2 Å². The molecule has 0 N–H and O–H groups in total. The molecule has 1 aliphatic rings. The zero-order chi connectivity index (χ0) is 10.9. The number of rotatable bonds is 2. The van der Waals surface area contributed by atoms with Gasteiger partial charge in [0.1, 0.15) is 0 Å². The van der Waals surface area contributed by atoms with Crippen LogP contribution in [0.25, 0.3) is 0 Å². The molecule has 2 heterocycles. The molecule has 1 aromatic rings. The maximum Gasteiger partial charge on any atom is 1.00 e. The van der Waals surface area contributed by atoms with E-state index in [0.717, 1.165) is 11.0 Å². The first-order valence-corrected chi connectivity index (χ1v) is 8.34. The zero-order valence-electron chi connectivity index (χ0n) is 10.2. The molecule has 5 heteroatoms. The minimum atomic E-state index is -1.59. The van der Waals surface area contributed by atoms with Gasteiger partial charge in [-0.3, -0.25) is 4.98 Å². The van der Waals surface area contributed by atoms with E-state index in [1.54, 1.807) is 0 Å². The number of aromatic nitrogens is 1. The van der Waals surface area contributed by atoms with E-state index in [-0.39, 0.29) is 25.2 Å². The zero-order valence-corrected chi connectivity index (χ0v) is 11.2. The van der Waals surface area contributed by atoms with Crippen molar-refractivity contribution >= 4 is 13.4 Å². The van der Waals surface area contributed by atoms with Crippen LogP contribution in [0, 0.1) is 6.55 Å². The third kappa shape index (κ3) is 3.19. The van der Waals surface area contributed by atoms with Crippen LogP contribution in [0.15, 0.2) is 18.2 Å². The standard InChI is InChI=1S/C11H16NO2Si.Li/c1-15(2,3)10-6-4-5-9(12-10)11-13-7-8-14-11;/h4-6,11H,1,7-8H2,2-3H3;/q-1;+1. The monoisotopic (exact) mass is 229 g/mol. The summed E-state index contributed by atoms with van der Waals surface area (Å²) in [6, 6.07) is 5.99. The maximum atomic E-state index is 5.42. The second-order valence-electron chi connectivity index (χ2n) is 4.41. The molecule has 0 atom stereocenters. The predicted octanol–water partition coefficient (Wildman–Crippen LogP) is -1.58. The molecular weight excluding hydrogens is 213 g/mol. The fourth-order valence-electron chi connectivity index (χ4n) is 1.49. The third-order valence-corrected chi connectivity index (χ3v) is 3.99. The van der Waals surface area contributed by atoms with E-state index in [1.807, 2.05) is 18.2 Å². The van der Waals surface area contributed by atoms with Crippen LogP contribution < -0.4 is 24.2 Å². The van der Waals surface area contributed by atoms with Crippen LogP contribution in [0.2, 0.25) is 13.1 Å². The van der Waals surface area contributed by atoms with Gasteiger partial charge < -0.3 is 16.0 Å². The van der Waals surface area contributed by atoms with Crippen molar-refractivity contribution in [1.29, 1.82) is 0 Å². The SMILES string of the molecule is [CH2-][Si](C)(C)c1cccc(C2OCCO2)n1.[Li+]. The molecule has 0 aliphatic carbocycles. The Kier molecular flexibility index (Phi) is 4.78. The van der Waals surface area contributed by atoms with Crippen molar-refractivity contribution in [3.05, 3.63) is 30.4 Å². The van der Waals surface area contributed by atoms with Gasteiger partial charge in [-0.25, -0.2) is 0 Å². The smallest absolute Gasteiger partial charge is 0.345 e. The van der Waals surface area contributed by atoms with Crippen LogP contribution in [0.4, 0.5) is 0 Å². The van der Waals surface area contributed by atoms with Crippen molar-refractivity contribution in [3.63, 3.8) is 0 Å². The minimum absolute atomic E-state index is 0. The van der Waals surface area contributed by atoms with Gasteiger partial charge in [0.15, 0.2) is 0 Å². The largest absolute Gasteiger partial charge is 1.00 e. The molecule has 16 heavy (non-hydrogen) atoms. The average Bonchev–Trinajstić information content (AvgIpc) is 2.69. The quantitative estimate of drug-likeness (QED) is 0.453. The summed E-state index contributed by atoms with van der Waals surface area (Å²) in [4.78, 5) is 4.58. The second kappa shape index (κ2) is 5.48. The molecule has 1 fully saturated rings. The van der Waals surface area contributed by atoms with E-state index in [4.69, 9.17) is 9.47 Å². The molecule has 1 saturated heterocycles. The van der Waals surface area contributed by atoms with Crippen LogP contribution in [0.3, 0.4) is 0 Å². The second-order valence-corrected chi connectivity index (χ2v) is 8.69. The van der Waals surface area contributed by atoms with Gasteiger partial charge in [0, 0.05) is 0 Å². The van der Waals surface area contributed by atoms with Crippen molar-refractivity contribution in [2.75, 3.05) is 13.2 Å². The topological polar surface area (TPSA) is 31.4 Å². The van der Waals surface area contributed by atoms with Crippen LogP contribution in [0.5, 0.6) is 0 Å². The Morgan fingerprint density at radius 2 is 1.94 bits per heavy atom. The Bertz CT molecular complexity index is 348. The van der Waals surface area contributed by atoms with Gasteiger partial charge in [-0.05, 0) is 25.5 Å². The molecule has 0 spiro atoms. The van der Waals surface area contributed by atoms with Crippen LogP contribution >= 0.6 is 0 Å². The molecular formula is C11H16LiNO2Si. The number of hydrogen-bond donors (Lipinski definition) is 0. The van der Waals surface area contributed by atoms with Gasteiger partial charge >= 0.3 is 18.9 Å². The van der Waals surface area contributed by atoms with Crippen molar-refractivity contribution in [1.82, 2.24) is 4.98 Å². The van der Waals surface area contributed by atoms with Crippen molar-refractivity contribution < 1.29 is 28.3 Å². The molecule has 0 aromatic carbocycles. The summed E-state index contributed by atoms with van der Waals surface area (Å²) in [6.07, 6.45) is -0.277. The molecule has 3 nitrogen and oxygen atoms in total. The Morgan fingerprint density at radius 1 is 1.31 bits per heavy atom. The Balaban J connectivity index is 0.00000128. The summed E-state index contributed by atoms with van der Waals surface area (Å²) >= 11 is 0. The van der Waals surface area contributed by atoms with E-state index in [2.05, 4.69) is 24.6 Å². The van der Waals surface area contributed by atoms with Crippen molar-refractivity contribution in [3.8, 4) is 0 Å². The first kappa shape index (κ1) is 13.9. The van der Waals surface area contributed by atoms with E-state index < -0.39 is 8.07 Å². The summed E-state index contributed by atoms with van der Waals surface area (Å²) in [5, 5.41) is 1.10. The molecule has 0 bridgehead atoms. The van der Waals surface area contributed by atoms with Crippen molar-refractivity contribution in [2.45, 2.75) is 19.4 Å².